The summed E-state index contributed by atoms with van der Waals surface area (Å²) < 4.78 is 10.5. The van der Waals surface area contributed by atoms with Crippen molar-refractivity contribution in [2.24, 2.45) is 0 Å². The fourth-order valence-corrected chi connectivity index (χ4v) is 1.52. The molecule has 2 heterocycles. The molecule has 0 unspecified atom stereocenters. The molecule has 8 heteroatoms. The number of aliphatic hydroxyl groups is 2. The first-order valence-electron chi connectivity index (χ1n) is 5.34. The Hall–Kier alpha value is -2.06. The summed E-state index contributed by atoms with van der Waals surface area (Å²) in [6.45, 7) is -0.278. The molecule has 0 atom stereocenters. The minimum absolute atomic E-state index is 0.0246. The highest BCUT2D eigenvalue weighted by Gasteiger charge is 2.18. The monoisotopic (exact) mass is 255 g/mol. The molecule has 0 radical (unpaired) electrons. The molecule has 0 aromatic carbocycles. The van der Waals surface area contributed by atoms with Crippen LogP contribution in [-0.4, -0.2) is 51.6 Å². The lowest BCUT2D eigenvalue weighted by Crippen LogP contribution is -2.09. The van der Waals surface area contributed by atoms with Crippen molar-refractivity contribution >= 4 is 11.0 Å². The number of hydrogen-bond acceptors (Lipinski definition) is 6. The van der Waals surface area contributed by atoms with Gasteiger partial charge in [-0.2, -0.15) is 0 Å². The molecule has 0 aliphatic rings. The van der Waals surface area contributed by atoms with Crippen LogP contribution in [-0.2, 0) is 0 Å². The Balaban J connectivity index is 2.47. The first-order valence-corrected chi connectivity index (χ1v) is 5.34. The number of aromatic amines is 2. The second-order valence-electron chi connectivity index (χ2n) is 3.38. The Morgan fingerprint density at radius 2 is 1.94 bits per heavy atom. The molecule has 0 saturated carbocycles. The third kappa shape index (κ3) is 2.29. The van der Waals surface area contributed by atoms with E-state index in [9.17, 15) is 4.79 Å². The Bertz CT molecular complexity index is 576. The molecule has 4 N–H and O–H groups in total. The van der Waals surface area contributed by atoms with E-state index in [-0.39, 0.29) is 49.0 Å². The van der Waals surface area contributed by atoms with Crippen LogP contribution >= 0.6 is 0 Å². The lowest BCUT2D eigenvalue weighted by molar-refractivity contribution is 0.177. The van der Waals surface area contributed by atoms with Gasteiger partial charge in [-0.25, -0.2) is 4.98 Å². The van der Waals surface area contributed by atoms with Gasteiger partial charge in [-0.3, -0.25) is 4.79 Å². The van der Waals surface area contributed by atoms with Crippen LogP contribution < -0.4 is 15.0 Å². The summed E-state index contributed by atoms with van der Waals surface area (Å²) in [5.74, 6) is 0.388. The highest BCUT2D eigenvalue weighted by molar-refractivity contribution is 5.85. The van der Waals surface area contributed by atoms with Crippen LogP contribution in [0, 0.1) is 0 Å². The highest BCUT2D eigenvalue weighted by atomic mass is 16.5. The maximum Gasteiger partial charge on any atom is 0.264 e. The lowest BCUT2D eigenvalue weighted by Gasteiger charge is -2.06. The van der Waals surface area contributed by atoms with Gasteiger partial charge in [0.15, 0.2) is 11.4 Å². The summed E-state index contributed by atoms with van der Waals surface area (Å²) >= 11 is 0. The normalized spacial score (nSPS) is 10.8. The van der Waals surface area contributed by atoms with Gasteiger partial charge in [0.1, 0.15) is 18.6 Å². The first-order chi connectivity index (χ1) is 8.77. The van der Waals surface area contributed by atoms with Gasteiger partial charge in [0.2, 0.25) is 5.88 Å². The van der Waals surface area contributed by atoms with Crippen molar-refractivity contribution in [2.45, 2.75) is 0 Å². The van der Waals surface area contributed by atoms with Gasteiger partial charge >= 0.3 is 0 Å². The SMILES string of the molecule is O=c1[nH]cnc2[nH]c(OCCO)c(OCCO)c12. The largest absolute Gasteiger partial charge is 0.485 e. The van der Waals surface area contributed by atoms with Crippen molar-refractivity contribution in [1.82, 2.24) is 15.0 Å². The fourth-order valence-electron chi connectivity index (χ4n) is 1.52. The first kappa shape index (κ1) is 12.4. The van der Waals surface area contributed by atoms with Crippen LogP contribution in [0.3, 0.4) is 0 Å². The van der Waals surface area contributed by atoms with Crippen molar-refractivity contribution in [3.05, 3.63) is 16.7 Å². The molecule has 8 nitrogen and oxygen atoms in total. The van der Waals surface area contributed by atoms with E-state index in [4.69, 9.17) is 19.7 Å². The molecule has 0 fully saturated rings. The zero-order valence-electron chi connectivity index (χ0n) is 9.47. The number of nitrogens with one attached hydrogen (secondary N) is 2. The van der Waals surface area contributed by atoms with E-state index in [1.165, 1.54) is 6.33 Å². The number of H-pyrrole nitrogens is 2. The van der Waals surface area contributed by atoms with Gasteiger partial charge in [-0.15, -0.1) is 0 Å². The summed E-state index contributed by atoms with van der Waals surface area (Å²) in [4.78, 5) is 20.8. The quantitative estimate of drug-likeness (QED) is 0.525. The summed E-state index contributed by atoms with van der Waals surface area (Å²) in [6.07, 6.45) is 1.26. The molecule has 0 amide bonds. The van der Waals surface area contributed by atoms with Crippen LogP contribution in [0.4, 0.5) is 0 Å². The number of nitrogens with zero attached hydrogens (tertiary/aromatic N) is 1. The van der Waals surface area contributed by atoms with E-state index in [0.717, 1.165) is 0 Å². The van der Waals surface area contributed by atoms with Crippen LogP contribution in [0.15, 0.2) is 11.1 Å². The Morgan fingerprint density at radius 3 is 2.67 bits per heavy atom. The smallest absolute Gasteiger partial charge is 0.264 e. The molecule has 0 spiro atoms. The van der Waals surface area contributed by atoms with Gasteiger partial charge in [0.05, 0.1) is 19.5 Å². The van der Waals surface area contributed by atoms with Crippen LogP contribution in [0.5, 0.6) is 11.6 Å². The number of fused-ring (bicyclic) bond motifs is 1. The van der Waals surface area contributed by atoms with Crippen LogP contribution in [0.2, 0.25) is 0 Å². The van der Waals surface area contributed by atoms with Gasteiger partial charge in [-0.1, -0.05) is 0 Å². The molecule has 98 valence electrons. The molecule has 0 aliphatic heterocycles. The summed E-state index contributed by atoms with van der Waals surface area (Å²) in [6, 6.07) is 0. The van der Waals surface area contributed by atoms with Crippen LogP contribution in [0.25, 0.3) is 11.0 Å². The van der Waals surface area contributed by atoms with E-state index in [2.05, 4.69) is 15.0 Å². The Morgan fingerprint density at radius 1 is 1.22 bits per heavy atom. The Kier molecular flexibility index (Phi) is 3.80. The van der Waals surface area contributed by atoms with E-state index in [1.807, 2.05) is 0 Å². The van der Waals surface area contributed by atoms with Gasteiger partial charge in [-0.05, 0) is 0 Å². The van der Waals surface area contributed by atoms with Crippen molar-refractivity contribution < 1.29 is 19.7 Å². The van der Waals surface area contributed by atoms with E-state index >= 15 is 0 Å². The second-order valence-corrected chi connectivity index (χ2v) is 3.38. The summed E-state index contributed by atoms with van der Waals surface area (Å²) in [7, 11) is 0. The maximum absolute atomic E-state index is 11.7. The third-order valence-corrected chi connectivity index (χ3v) is 2.19. The zero-order valence-corrected chi connectivity index (χ0v) is 9.47. The third-order valence-electron chi connectivity index (χ3n) is 2.19. The van der Waals surface area contributed by atoms with Crippen molar-refractivity contribution in [3.8, 4) is 11.6 Å². The van der Waals surface area contributed by atoms with Gasteiger partial charge in [0, 0.05) is 0 Å². The van der Waals surface area contributed by atoms with Gasteiger partial charge < -0.3 is 29.7 Å². The molecular formula is C10H13N3O5. The fraction of sp³-hybridized carbons (Fsp3) is 0.400. The number of ether oxygens (including phenoxy) is 2. The Labute approximate surface area is 101 Å². The van der Waals surface area contributed by atoms with E-state index in [1.54, 1.807) is 0 Å². The second kappa shape index (κ2) is 5.52. The topological polar surface area (TPSA) is 120 Å². The number of rotatable bonds is 6. The molecule has 2 aromatic heterocycles. The number of aromatic nitrogens is 3. The average molecular weight is 255 g/mol. The summed E-state index contributed by atoms with van der Waals surface area (Å²) in [5, 5.41) is 17.7. The van der Waals surface area contributed by atoms with E-state index in [0.29, 0.717) is 5.65 Å². The molecule has 0 saturated heterocycles. The number of aliphatic hydroxyl groups excluding tert-OH is 2. The average Bonchev–Trinajstić information content (AvgIpc) is 2.73. The van der Waals surface area contributed by atoms with E-state index < -0.39 is 0 Å². The minimum Gasteiger partial charge on any atom is -0.485 e. The summed E-state index contributed by atoms with van der Waals surface area (Å²) in [5.41, 5.74) is -0.0531. The molecule has 2 aromatic rings. The molecule has 18 heavy (non-hydrogen) atoms. The molecule has 0 bridgehead atoms. The van der Waals surface area contributed by atoms with Crippen molar-refractivity contribution in [1.29, 1.82) is 0 Å². The van der Waals surface area contributed by atoms with Crippen molar-refractivity contribution in [2.75, 3.05) is 26.4 Å². The van der Waals surface area contributed by atoms with Crippen molar-refractivity contribution in [3.63, 3.8) is 0 Å². The zero-order chi connectivity index (χ0) is 13.0. The lowest BCUT2D eigenvalue weighted by atomic mass is 10.4. The molecular weight excluding hydrogens is 242 g/mol. The standard InChI is InChI=1S/C10H13N3O5/c14-1-3-17-7-6-8(11-5-12-9(6)16)13-10(7)18-4-2-15/h5,14-15H,1-4H2,(H2,11,12,13,16). The predicted molar refractivity (Wildman–Crippen MR) is 61.9 cm³/mol. The predicted octanol–water partition coefficient (Wildman–Crippen LogP) is -1.01. The molecule has 0 aliphatic carbocycles. The maximum atomic E-state index is 11.7. The minimum atomic E-state index is -0.372. The molecule has 2 rings (SSSR count). The highest BCUT2D eigenvalue weighted by Crippen LogP contribution is 2.32. The van der Waals surface area contributed by atoms with Crippen LogP contribution in [0.1, 0.15) is 0 Å². The van der Waals surface area contributed by atoms with Gasteiger partial charge in [0.25, 0.3) is 5.56 Å². The number of hydrogen-bond donors (Lipinski definition) is 4.